The van der Waals surface area contributed by atoms with Crippen molar-refractivity contribution in [1.82, 2.24) is 0 Å². The second-order valence-corrected chi connectivity index (χ2v) is 7.84. The highest BCUT2D eigenvalue weighted by Crippen LogP contribution is 2.32. The second kappa shape index (κ2) is 10.3. The summed E-state index contributed by atoms with van der Waals surface area (Å²) >= 11 is 0. The maximum atomic E-state index is 12.5. The van der Waals surface area contributed by atoms with E-state index in [0.29, 0.717) is 17.8 Å². The van der Waals surface area contributed by atoms with Crippen molar-refractivity contribution in [2.45, 2.75) is 93.2 Å². The number of carbonyl (C=O) groups is 1. The van der Waals surface area contributed by atoms with Gasteiger partial charge in [-0.15, -0.1) is 0 Å². The molecule has 132 valence electrons. The monoisotopic (exact) mass is 313 g/mol. The van der Waals surface area contributed by atoms with Crippen molar-refractivity contribution < 1.29 is 9.53 Å². The van der Waals surface area contributed by atoms with Crippen LogP contribution < -0.4 is 5.73 Å². The number of ether oxygens (including phenoxy) is 1. The van der Waals surface area contributed by atoms with Crippen molar-refractivity contribution in [3.8, 4) is 0 Å². The summed E-state index contributed by atoms with van der Waals surface area (Å²) in [4.78, 5) is 12.5. The van der Waals surface area contributed by atoms with Gasteiger partial charge in [0.15, 0.2) is 6.23 Å². The van der Waals surface area contributed by atoms with Crippen LogP contribution in [0, 0.1) is 23.2 Å². The van der Waals surface area contributed by atoms with Gasteiger partial charge >= 0.3 is 5.97 Å². The molecule has 22 heavy (non-hydrogen) atoms. The zero-order valence-electron chi connectivity index (χ0n) is 15.9. The van der Waals surface area contributed by atoms with E-state index >= 15 is 0 Å². The number of hydrogen-bond donors (Lipinski definition) is 1. The highest BCUT2D eigenvalue weighted by Gasteiger charge is 2.35. The number of esters is 1. The molecule has 0 aromatic carbocycles. The molecule has 0 aromatic heterocycles. The molecule has 3 nitrogen and oxygen atoms in total. The van der Waals surface area contributed by atoms with Crippen LogP contribution in [0.15, 0.2) is 0 Å². The zero-order chi connectivity index (χ0) is 17.3. The molecule has 0 rings (SSSR count). The Morgan fingerprint density at radius 2 is 1.77 bits per heavy atom. The molecule has 0 aliphatic heterocycles. The summed E-state index contributed by atoms with van der Waals surface area (Å²) in [6, 6.07) is 0. The van der Waals surface area contributed by atoms with Gasteiger partial charge in [0.2, 0.25) is 0 Å². The first kappa shape index (κ1) is 21.4. The van der Waals surface area contributed by atoms with Crippen molar-refractivity contribution in [1.29, 1.82) is 0 Å². The highest BCUT2D eigenvalue weighted by molar-refractivity contribution is 5.76. The van der Waals surface area contributed by atoms with Crippen molar-refractivity contribution >= 4 is 5.97 Å². The largest absolute Gasteiger partial charge is 0.446 e. The van der Waals surface area contributed by atoms with Gasteiger partial charge in [-0.05, 0) is 37.5 Å². The molecule has 3 atom stereocenters. The Morgan fingerprint density at radius 3 is 2.18 bits per heavy atom. The predicted octanol–water partition coefficient (Wildman–Crippen LogP) is 5.13. The van der Waals surface area contributed by atoms with Crippen molar-refractivity contribution in [2.75, 3.05) is 0 Å². The molecule has 0 saturated carbocycles. The van der Waals surface area contributed by atoms with E-state index in [-0.39, 0.29) is 5.97 Å². The lowest BCUT2D eigenvalue weighted by Crippen LogP contribution is -2.38. The summed E-state index contributed by atoms with van der Waals surface area (Å²) in [5, 5.41) is 0. The van der Waals surface area contributed by atoms with Crippen LogP contribution in [-0.4, -0.2) is 12.2 Å². The van der Waals surface area contributed by atoms with Gasteiger partial charge in [-0.3, -0.25) is 10.5 Å². The average molecular weight is 314 g/mol. The summed E-state index contributed by atoms with van der Waals surface area (Å²) in [7, 11) is 0. The van der Waals surface area contributed by atoms with Gasteiger partial charge in [0.25, 0.3) is 0 Å². The first-order chi connectivity index (χ1) is 10.2. The summed E-state index contributed by atoms with van der Waals surface area (Å²) in [5.41, 5.74) is 5.71. The fourth-order valence-corrected chi connectivity index (χ4v) is 3.09. The van der Waals surface area contributed by atoms with Crippen molar-refractivity contribution in [3.63, 3.8) is 0 Å². The van der Waals surface area contributed by atoms with Gasteiger partial charge in [-0.2, -0.15) is 0 Å². The lowest BCUT2D eigenvalue weighted by Gasteiger charge is -2.30. The average Bonchev–Trinajstić information content (AvgIpc) is 2.41. The lowest BCUT2D eigenvalue weighted by molar-refractivity contribution is -0.162. The van der Waals surface area contributed by atoms with E-state index in [9.17, 15) is 4.79 Å². The van der Waals surface area contributed by atoms with E-state index in [0.717, 1.165) is 25.7 Å². The van der Waals surface area contributed by atoms with E-state index < -0.39 is 11.6 Å². The molecule has 0 spiro atoms. The third-order valence-electron chi connectivity index (χ3n) is 4.80. The molecule has 3 heteroatoms. The minimum atomic E-state index is -0.477. The van der Waals surface area contributed by atoms with E-state index in [1.807, 2.05) is 13.8 Å². The van der Waals surface area contributed by atoms with Crippen LogP contribution in [0.25, 0.3) is 0 Å². The lowest BCUT2D eigenvalue weighted by atomic mass is 9.80. The molecular formula is C19H39NO2. The molecule has 0 aliphatic rings. The molecule has 2 N–H and O–H groups in total. The van der Waals surface area contributed by atoms with Crippen LogP contribution in [-0.2, 0) is 9.53 Å². The summed E-state index contributed by atoms with van der Waals surface area (Å²) in [5.74, 6) is 1.45. The smallest absolute Gasteiger partial charge is 0.313 e. The standard InChI is InChI=1S/C19H39NO2/c1-8-10-11-16(15(5)6)12-17(20)22-18(21)19(7,9-2)13-14(3)4/h14-17H,8-13,20H2,1-7H3. The first-order valence-electron chi connectivity index (χ1n) is 9.12. The Hall–Kier alpha value is -0.570. The van der Waals surface area contributed by atoms with Crippen LogP contribution >= 0.6 is 0 Å². The Bertz CT molecular complexity index is 315. The highest BCUT2D eigenvalue weighted by atomic mass is 16.6. The van der Waals surface area contributed by atoms with Gasteiger partial charge < -0.3 is 4.74 Å². The molecule has 0 fully saturated rings. The number of nitrogens with two attached hydrogens (primary N) is 1. The fraction of sp³-hybridized carbons (Fsp3) is 0.947. The van der Waals surface area contributed by atoms with Crippen LogP contribution in [0.2, 0.25) is 0 Å². The molecule has 0 radical (unpaired) electrons. The fourth-order valence-electron chi connectivity index (χ4n) is 3.09. The first-order valence-corrected chi connectivity index (χ1v) is 9.12. The summed E-state index contributed by atoms with van der Waals surface area (Å²) in [6.07, 6.45) is 5.50. The molecule has 0 bridgehead atoms. The third-order valence-corrected chi connectivity index (χ3v) is 4.80. The van der Waals surface area contributed by atoms with Crippen LogP contribution in [0.4, 0.5) is 0 Å². The number of carbonyl (C=O) groups excluding carboxylic acids is 1. The minimum absolute atomic E-state index is 0.130. The van der Waals surface area contributed by atoms with E-state index in [2.05, 4.69) is 34.6 Å². The SMILES string of the molecule is CCCCC(CC(N)OC(=O)C(C)(CC)CC(C)C)C(C)C. The van der Waals surface area contributed by atoms with Crippen LogP contribution in [0.3, 0.4) is 0 Å². The molecular weight excluding hydrogens is 274 g/mol. The Morgan fingerprint density at radius 1 is 1.18 bits per heavy atom. The number of rotatable bonds is 11. The van der Waals surface area contributed by atoms with Gasteiger partial charge in [-0.25, -0.2) is 0 Å². The van der Waals surface area contributed by atoms with Gasteiger partial charge in [0.05, 0.1) is 5.41 Å². The summed E-state index contributed by atoms with van der Waals surface area (Å²) < 4.78 is 5.61. The predicted molar refractivity (Wildman–Crippen MR) is 94.4 cm³/mol. The van der Waals surface area contributed by atoms with E-state index in [1.165, 1.54) is 12.8 Å². The van der Waals surface area contributed by atoms with Crippen molar-refractivity contribution in [3.05, 3.63) is 0 Å². The molecule has 0 saturated heterocycles. The van der Waals surface area contributed by atoms with Gasteiger partial charge in [-0.1, -0.05) is 60.8 Å². The topological polar surface area (TPSA) is 52.3 Å². The van der Waals surface area contributed by atoms with Gasteiger partial charge in [0.1, 0.15) is 0 Å². The van der Waals surface area contributed by atoms with E-state index in [1.54, 1.807) is 0 Å². The van der Waals surface area contributed by atoms with Gasteiger partial charge in [0, 0.05) is 6.42 Å². The molecule has 3 unspecified atom stereocenters. The maximum absolute atomic E-state index is 12.5. The minimum Gasteiger partial charge on any atom is -0.446 e. The molecule has 0 heterocycles. The summed E-state index contributed by atoms with van der Waals surface area (Å²) in [6.45, 7) is 15.0. The normalized spacial score (nSPS) is 17.4. The third kappa shape index (κ3) is 7.62. The second-order valence-electron chi connectivity index (χ2n) is 7.84. The molecule has 0 aliphatic carbocycles. The number of unbranched alkanes of at least 4 members (excludes halogenated alkanes) is 1. The Balaban J connectivity index is 4.60. The molecule has 0 aromatic rings. The Labute approximate surface area is 138 Å². The quantitative estimate of drug-likeness (QED) is 0.425. The van der Waals surface area contributed by atoms with E-state index in [4.69, 9.17) is 10.5 Å². The number of hydrogen-bond acceptors (Lipinski definition) is 3. The molecule has 0 amide bonds. The van der Waals surface area contributed by atoms with Crippen LogP contribution in [0.5, 0.6) is 0 Å². The zero-order valence-corrected chi connectivity index (χ0v) is 15.9. The maximum Gasteiger partial charge on any atom is 0.313 e. The van der Waals surface area contributed by atoms with Crippen molar-refractivity contribution in [2.24, 2.45) is 28.9 Å². The Kier molecular flexibility index (Phi) is 9.99. The van der Waals surface area contributed by atoms with Crippen LogP contribution in [0.1, 0.15) is 87.0 Å².